The summed E-state index contributed by atoms with van der Waals surface area (Å²) < 4.78 is 35.8. The fraction of sp³-hybridized carbons (Fsp3) is 0.769. The van der Waals surface area contributed by atoms with E-state index in [1.165, 1.54) is 32.1 Å². The predicted octanol–water partition coefficient (Wildman–Crippen LogP) is 0.635. The zero-order valence-corrected chi connectivity index (χ0v) is 32.0. The lowest BCUT2D eigenvalue weighted by Crippen LogP contribution is -2.71. The molecule has 4 aliphatic carbocycles. The molecule has 4 fully saturated rings. The van der Waals surface area contributed by atoms with E-state index >= 15 is 4.39 Å². The van der Waals surface area contributed by atoms with E-state index in [0.29, 0.717) is 5.57 Å². The number of hydrogen-bond donors (Lipinski definition) is 7. The number of nitrogens with one attached hydrogen (secondary N) is 1. The summed E-state index contributed by atoms with van der Waals surface area (Å²) in [5, 5.41) is 68.9. The molecule has 0 aromatic rings. The highest BCUT2D eigenvalue weighted by atomic mass is 19.1. The van der Waals surface area contributed by atoms with Crippen molar-refractivity contribution in [1.29, 1.82) is 0 Å². The molecule has 0 radical (unpaired) electrons. The van der Waals surface area contributed by atoms with Crippen LogP contribution in [0, 0.1) is 28.6 Å². The number of fused-ring (bicyclic) bond motifs is 5. The summed E-state index contributed by atoms with van der Waals surface area (Å²) in [6.07, 6.45) is -6.09. The highest BCUT2D eigenvalue weighted by Gasteiger charge is 2.78. The van der Waals surface area contributed by atoms with Gasteiger partial charge in [0.05, 0.1) is 24.9 Å². The number of amides is 1. The second-order valence-corrected chi connectivity index (χ2v) is 16.4. The molecule has 7 N–H and O–H groups in total. The van der Waals surface area contributed by atoms with Crippen molar-refractivity contribution in [3.8, 4) is 0 Å². The van der Waals surface area contributed by atoms with Crippen LogP contribution < -0.4 is 5.32 Å². The van der Waals surface area contributed by atoms with Crippen molar-refractivity contribution in [2.45, 2.75) is 146 Å². The van der Waals surface area contributed by atoms with E-state index in [1.807, 2.05) is 0 Å². The maximum Gasteiger partial charge on any atom is 0.306 e. The van der Waals surface area contributed by atoms with Gasteiger partial charge in [0.2, 0.25) is 11.7 Å². The van der Waals surface area contributed by atoms with E-state index in [-0.39, 0.29) is 44.3 Å². The molecule has 1 saturated heterocycles. The monoisotopic (exact) mass is 781 g/mol. The van der Waals surface area contributed by atoms with Crippen LogP contribution >= 0.6 is 0 Å². The fourth-order valence-corrected chi connectivity index (χ4v) is 10.8. The van der Waals surface area contributed by atoms with E-state index in [4.69, 9.17) is 14.2 Å². The number of rotatable bonds is 13. The Kier molecular flexibility index (Phi) is 12.3. The largest absolute Gasteiger partial charge is 0.457 e. The third-order valence-electron chi connectivity index (χ3n) is 13.4. The Bertz CT molecular complexity index is 1600. The summed E-state index contributed by atoms with van der Waals surface area (Å²) in [5.74, 6) is -8.17. The minimum absolute atomic E-state index is 0.0574. The number of allylic oxidation sites excluding steroid dienone is 4. The molecule has 0 bridgehead atoms. The highest BCUT2D eigenvalue weighted by molar-refractivity contribution is 6.01. The number of carbonyl (C=O) groups excluding carboxylic acids is 5. The van der Waals surface area contributed by atoms with Crippen LogP contribution in [0.2, 0.25) is 0 Å². The first-order valence-electron chi connectivity index (χ1n) is 19.2. The molecule has 55 heavy (non-hydrogen) atoms. The minimum Gasteiger partial charge on any atom is -0.457 e. The lowest BCUT2D eigenvalue weighted by Gasteiger charge is -2.64. The SMILES string of the molecule is CCC(=O)OCC(=O)[C@@]1(OC(=O)CC)[C@@H](C)C[C@H]2[C@@H]3CCC4=CC(=O)C=C[C@]4(C)C3(F)[C@@H](O)C[C@@]21CC[C@]1(O)C[C@H](O)[C@@H](NC(C)=O)[C@H]([C@H](O)[C@H](O)CO)O1. The third-order valence-corrected chi connectivity index (χ3v) is 13.4. The maximum atomic E-state index is 18.3. The van der Waals surface area contributed by atoms with Crippen molar-refractivity contribution in [3.05, 3.63) is 23.8 Å². The molecule has 15 nitrogen and oxygen atoms in total. The van der Waals surface area contributed by atoms with Gasteiger partial charge in [0.1, 0.15) is 18.3 Å². The fourth-order valence-electron chi connectivity index (χ4n) is 10.8. The van der Waals surface area contributed by atoms with E-state index in [2.05, 4.69) is 5.32 Å². The Hall–Kier alpha value is -3.12. The maximum absolute atomic E-state index is 18.3. The number of ether oxygens (including phenoxy) is 3. The van der Waals surface area contributed by atoms with Crippen LogP contribution in [-0.4, -0.2) is 127 Å². The molecule has 5 aliphatic rings. The first kappa shape index (κ1) is 43.0. The molecule has 3 saturated carbocycles. The standard InChI is InChI=1S/C39H56FNO14/c1-6-30(49)53-19-29(48)39(54-31(50)7-2)20(3)14-25-24-9-8-22-15-23(44)10-11-35(22,5)38(24,40)28(47)17-36(25,39)12-13-37(52)16-26(45)32(41-21(4)43)34(55-37)33(51)27(46)18-42/h10-11,15,20,24-28,32-34,42,45-47,51-52H,6-9,12-14,16-19H2,1-5H3,(H,41,43)/t20-,24-,25-,26-,27+,28-,32+,33+,34+,35-,36-,37+,38?,39-/m0/s1. The van der Waals surface area contributed by atoms with Crippen molar-refractivity contribution < 1.29 is 73.2 Å². The van der Waals surface area contributed by atoms with Gasteiger partial charge in [-0.1, -0.05) is 32.4 Å². The number of carbonyl (C=O) groups is 5. The van der Waals surface area contributed by atoms with E-state index in [1.54, 1.807) is 13.8 Å². The number of hydrogen-bond acceptors (Lipinski definition) is 14. The number of halogens is 1. The van der Waals surface area contributed by atoms with Crippen LogP contribution in [-0.2, 0) is 38.2 Å². The number of aliphatic hydroxyl groups excluding tert-OH is 5. The molecule has 16 heteroatoms. The molecule has 1 heterocycles. The van der Waals surface area contributed by atoms with Crippen LogP contribution in [0.25, 0.3) is 0 Å². The van der Waals surface area contributed by atoms with Crippen molar-refractivity contribution in [2.75, 3.05) is 13.2 Å². The van der Waals surface area contributed by atoms with Crippen molar-refractivity contribution in [3.63, 3.8) is 0 Å². The van der Waals surface area contributed by atoms with Gasteiger partial charge in [-0.15, -0.1) is 0 Å². The lowest BCUT2D eigenvalue weighted by molar-refractivity contribution is -0.309. The molecule has 14 atom stereocenters. The third kappa shape index (κ3) is 6.99. The summed E-state index contributed by atoms with van der Waals surface area (Å²) in [4.78, 5) is 64.9. The summed E-state index contributed by atoms with van der Waals surface area (Å²) in [7, 11) is 0. The Morgan fingerprint density at radius 1 is 1.07 bits per heavy atom. The topological polar surface area (TPSA) is 246 Å². The number of Topliss-reactive ketones (excluding diaryl/α,β-unsaturated/α-hetero) is 1. The van der Waals surface area contributed by atoms with Crippen LogP contribution in [0.3, 0.4) is 0 Å². The average molecular weight is 782 g/mol. The molecule has 0 aromatic carbocycles. The number of ketones is 2. The highest BCUT2D eigenvalue weighted by Crippen LogP contribution is 2.73. The zero-order valence-electron chi connectivity index (χ0n) is 32.0. The molecule has 0 spiro atoms. The van der Waals surface area contributed by atoms with Crippen LogP contribution in [0.4, 0.5) is 4.39 Å². The predicted molar refractivity (Wildman–Crippen MR) is 189 cm³/mol. The molecule has 308 valence electrons. The molecule has 1 amide bonds. The quantitative estimate of drug-likeness (QED) is 0.127. The van der Waals surface area contributed by atoms with Gasteiger partial charge in [-0.2, -0.15) is 0 Å². The number of aliphatic hydroxyl groups is 6. The van der Waals surface area contributed by atoms with Crippen LogP contribution in [0.1, 0.15) is 92.4 Å². The normalized spacial score (nSPS) is 41.9. The Morgan fingerprint density at radius 3 is 2.36 bits per heavy atom. The van der Waals surface area contributed by atoms with E-state index in [9.17, 15) is 54.6 Å². The summed E-state index contributed by atoms with van der Waals surface area (Å²) in [5.41, 5.74) is -7.01. The molecule has 0 aromatic heterocycles. The number of alkyl halides is 1. The Balaban J connectivity index is 1.64. The van der Waals surface area contributed by atoms with Gasteiger partial charge in [0.25, 0.3) is 0 Å². The van der Waals surface area contributed by atoms with Crippen molar-refractivity contribution in [2.24, 2.45) is 28.6 Å². The first-order valence-corrected chi connectivity index (χ1v) is 19.2. The van der Waals surface area contributed by atoms with E-state index in [0.717, 1.165) is 6.92 Å². The first-order chi connectivity index (χ1) is 25.7. The second kappa shape index (κ2) is 15.7. The smallest absolute Gasteiger partial charge is 0.306 e. The zero-order chi connectivity index (χ0) is 40.9. The summed E-state index contributed by atoms with van der Waals surface area (Å²) in [6, 6.07) is -1.34. The van der Waals surface area contributed by atoms with E-state index < -0.39 is 138 Å². The van der Waals surface area contributed by atoms with Gasteiger partial charge in [-0.25, -0.2) is 4.39 Å². The second-order valence-electron chi connectivity index (χ2n) is 16.4. The lowest BCUT2D eigenvalue weighted by atomic mass is 9.43. The van der Waals surface area contributed by atoms with Gasteiger partial charge in [0.15, 0.2) is 29.4 Å². The average Bonchev–Trinajstić information content (AvgIpc) is 3.37. The summed E-state index contributed by atoms with van der Waals surface area (Å²) in [6.45, 7) is 5.77. The van der Waals surface area contributed by atoms with Crippen molar-refractivity contribution in [1.82, 2.24) is 5.32 Å². The van der Waals surface area contributed by atoms with Gasteiger partial charge in [0, 0.05) is 55.3 Å². The summed E-state index contributed by atoms with van der Waals surface area (Å²) >= 11 is 0. The van der Waals surface area contributed by atoms with Gasteiger partial charge in [-0.05, 0) is 57.1 Å². The van der Waals surface area contributed by atoms with Gasteiger partial charge in [-0.3, -0.25) is 24.0 Å². The van der Waals surface area contributed by atoms with Crippen LogP contribution in [0.5, 0.6) is 0 Å². The molecule has 1 aliphatic heterocycles. The van der Waals surface area contributed by atoms with Gasteiger partial charge >= 0.3 is 11.9 Å². The molecular weight excluding hydrogens is 725 g/mol. The minimum atomic E-state index is -2.36. The van der Waals surface area contributed by atoms with Gasteiger partial charge < -0.3 is 50.2 Å². The molecule has 1 unspecified atom stereocenters. The van der Waals surface area contributed by atoms with Crippen molar-refractivity contribution >= 4 is 29.4 Å². The Labute approximate surface area is 319 Å². The van der Waals surface area contributed by atoms with Crippen LogP contribution in [0.15, 0.2) is 23.8 Å². The number of esters is 2. The Morgan fingerprint density at radius 2 is 1.75 bits per heavy atom. The molecule has 5 rings (SSSR count). The molecular formula is C39H56FNO14.